The lowest BCUT2D eigenvalue weighted by atomic mass is 10.00. The molecule has 0 spiro atoms. The van der Waals surface area contributed by atoms with E-state index in [2.05, 4.69) is 33.9 Å². The second-order valence-electron chi connectivity index (χ2n) is 7.16. The summed E-state index contributed by atoms with van der Waals surface area (Å²) >= 11 is 8.08. The molecule has 0 fully saturated rings. The lowest BCUT2D eigenvalue weighted by Crippen LogP contribution is -2.31. The van der Waals surface area contributed by atoms with Crippen LogP contribution in [0.1, 0.15) is 36.8 Å². The number of sulfonamides is 1. The molecule has 0 saturated carbocycles. The van der Waals surface area contributed by atoms with Crippen LogP contribution in [-0.2, 0) is 23.0 Å². The molecule has 0 atom stereocenters. The lowest BCUT2D eigenvalue weighted by Gasteiger charge is -2.28. The van der Waals surface area contributed by atoms with Gasteiger partial charge in [0.1, 0.15) is 4.90 Å². The summed E-state index contributed by atoms with van der Waals surface area (Å²) in [4.78, 5) is 2.70. The van der Waals surface area contributed by atoms with Crippen molar-refractivity contribution in [3.63, 3.8) is 0 Å². The quantitative estimate of drug-likeness (QED) is 0.371. The van der Waals surface area contributed by atoms with Crippen molar-refractivity contribution >= 4 is 44.2 Å². The molecule has 2 aromatic carbocycles. The smallest absolute Gasteiger partial charge is 0.243 e. The first-order chi connectivity index (χ1) is 13.5. The first-order valence-electron chi connectivity index (χ1n) is 9.70. The fourth-order valence-corrected chi connectivity index (χ4v) is 6.79. The van der Waals surface area contributed by atoms with Gasteiger partial charge >= 0.3 is 0 Å². The predicted octanol–water partition coefficient (Wildman–Crippen LogP) is 4.84. The average molecular weight is 533 g/mol. The molecule has 28 heavy (non-hydrogen) atoms. The van der Waals surface area contributed by atoms with E-state index in [4.69, 9.17) is 11.6 Å². The maximum Gasteiger partial charge on any atom is 0.243 e. The summed E-state index contributed by atoms with van der Waals surface area (Å²) in [6.07, 6.45) is 5.26. The molecule has 4 nitrogen and oxygen atoms in total. The Kier molecular flexibility index (Phi) is 8.17. The van der Waals surface area contributed by atoms with Gasteiger partial charge in [-0.1, -0.05) is 54.8 Å². The van der Waals surface area contributed by atoms with Gasteiger partial charge in [0.2, 0.25) is 10.0 Å². The maximum atomic E-state index is 12.5. The lowest BCUT2D eigenvalue weighted by molar-refractivity contribution is 0.248. The highest BCUT2D eigenvalue weighted by Gasteiger charge is 2.20. The molecule has 0 aromatic heterocycles. The third kappa shape index (κ3) is 5.92. The molecule has 152 valence electrons. The van der Waals surface area contributed by atoms with E-state index in [1.807, 2.05) is 22.6 Å². The number of benzene rings is 2. The zero-order valence-electron chi connectivity index (χ0n) is 15.8. The highest BCUT2D eigenvalue weighted by Crippen LogP contribution is 2.26. The second kappa shape index (κ2) is 10.4. The molecule has 1 aliphatic rings. The Hall–Kier alpha value is -0.670. The minimum Gasteiger partial charge on any atom is -0.299 e. The molecule has 0 saturated heterocycles. The number of unbranched alkanes of at least 4 members (excludes halogenated alkanes) is 3. The van der Waals surface area contributed by atoms with Crippen LogP contribution in [-0.4, -0.2) is 33.0 Å². The summed E-state index contributed by atoms with van der Waals surface area (Å²) in [7, 11) is -3.56. The van der Waals surface area contributed by atoms with Gasteiger partial charge < -0.3 is 0 Å². The first-order valence-corrected chi connectivity index (χ1v) is 12.6. The minimum absolute atomic E-state index is 0.183. The van der Waals surface area contributed by atoms with Crippen LogP contribution in [0.3, 0.4) is 0 Å². The Morgan fingerprint density at radius 1 is 1.00 bits per heavy atom. The summed E-state index contributed by atoms with van der Waals surface area (Å²) in [5.41, 5.74) is 2.94. The molecule has 0 aliphatic carbocycles. The number of fused-ring (bicyclic) bond motifs is 1. The maximum absolute atomic E-state index is 12.5. The normalized spacial score (nSPS) is 14.8. The molecule has 3 rings (SSSR count). The van der Waals surface area contributed by atoms with Gasteiger partial charge in [-0.15, -0.1) is 0 Å². The first kappa shape index (κ1) is 22.0. The number of rotatable bonds is 9. The van der Waals surface area contributed by atoms with Gasteiger partial charge in [-0.3, -0.25) is 4.90 Å². The molecular weight excluding hydrogens is 507 g/mol. The number of hydrogen-bond donors (Lipinski definition) is 1. The number of hydrogen-bond acceptors (Lipinski definition) is 3. The van der Waals surface area contributed by atoms with Crippen LogP contribution < -0.4 is 4.72 Å². The van der Waals surface area contributed by atoms with Crippen LogP contribution in [0, 0.1) is 3.57 Å². The monoisotopic (exact) mass is 532 g/mol. The molecule has 1 aliphatic heterocycles. The number of nitrogens with one attached hydrogen (secondary N) is 1. The van der Waals surface area contributed by atoms with Gasteiger partial charge in [-0.05, 0) is 71.7 Å². The van der Waals surface area contributed by atoms with E-state index in [1.165, 1.54) is 11.1 Å². The SMILES string of the molecule is O=S(=O)(NCCCCCCN1CCc2ccccc2C1)c1c(Cl)cccc1I. The van der Waals surface area contributed by atoms with E-state index >= 15 is 0 Å². The molecule has 0 bridgehead atoms. The molecular formula is C21H26ClIN2O2S. The number of nitrogens with zero attached hydrogens (tertiary/aromatic N) is 1. The molecule has 0 unspecified atom stereocenters. The predicted molar refractivity (Wildman–Crippen MR) is 123 cm³/mol. The van der Waals surface area contributed by atoms with Crippen LogP contribution >= 0.6 is 34.2 Å². The van der Waals surface area contributed by atoms with Crippen LogP contribution in [0.5, 0.6) is 0 Å². The molecule has 1 heterocycles. The van der Waals surface area contributed by atoms with Gasteiger partial charge in [0, 0.05) is 23.2 Å². The Morgan fingerprint density at radius 3 is 2.54 bits per heavy atom. The largest absolute Gasteiger partial charge is 0.299 e. The summed E-state index contributed by atoms with van der Waals surface area (Å²) in [6.45, 7) is 3.73. The Morgan fingerprint density at radius 2 is 1.75 bits per heavy atom. The zero-order valence-corrected chi connectivity index (χ0v) is 19.6. The van der Waals surface area contributed by atoms with Gasteiger partial charge in [0.25, 0.3) is 0 Å². The summed E-state index contributed by atoms with van der Waals surface area (Å²) in [5, 5.41) is 0.266. The van der Waals surface area contributed by atoms with E-state index in [9.17, 15) is 8.42 Å². The van der Waals surface area contributed by atoms with Gasteiger partial charge in [-0.25, -0.2) is 13.1 Å². The van der Waals surface area contributed by atoms with Crippen molar-refractivity contribution in [3.05, 3.63) is 62.2 Å². The minimum atomic E-state index is -3.56. The van der Waals surface area contributed by atoms with Gasteiger partial charge in [-0.2, -0.15) is 0 Å². The highest BCUT2D eigenvalue weighted by atomic mass is 127. The van der Waals surface area contributed by atoms with Crippen LogP contribution in [0.2, 0.25) is 5.02 Å². The van der Waals surface area contributed by atoms with Crippen molar-refractivity contribution in [1.29, 1.82) is 0 Å². The van der Waals surface area contributed by atoms with Crippen molar-refractivity contribution in [2.75, 3.05) is 19.6 Å². The van der Waals surface area contributed by atoms with Crippen molar-refractivity contribution in [2.24, 2.45) is 0 Å². The standard InChI is InChI=1S/C21H26ClIN2O2S/c22-19-10-7-11-20(23)21(19)28(26,27)24-13-5-1-2-6-14-25-15-12-17-8-3-4-9-18(17)16-25/h3-4,7-11,24H,1-2,5-6,12-16H2. The highest BCUT2D eigenvalue weighted by molar-refractivity contribution is 14.1. The van der Waals surface area contributed by atoms with Crippen LogP contribution in [0.25, 0.3) is 0 Å². The Labute approximate surface area is 186 Å². The van der Waals surface area contributed by atoms with Gasteiger partial charge in [0.15, 0.2) is 0 Å². The third-order valence-corrected chi connectivity index (χ3v) is 8.34. The van der Waals surface area contributed by atoms with Gasteiger partial charge in [0.05, 0.1) is 5.02 Å². The fourth-order valence-electron chi connectivity index (χ4n) is 3.58. The molecule has 0 radical (unpaired) electrons. The molecule has 1 N–H and O–H groups in total. The van der Waals surface area contributed by atoms with Crippen molar-refractivity contribution in [3.8, 4) is 0 Å². The fraction of sp³-hybridized carbons (Fsp3) is 0.429. The van der Waals surface area contributed by atoms with Crippen molar-refractivity contribution in [2.45, 2.75) is 43.5 Å². The summed E-state index contributed by atoms with van der Waals surface area (Å²) < 4.78 is 28.2. The molecule has 2 aromatic rings. The van der Waals surface area contributed by atoms with Crippen molar-refractivity contribution < 1.29 is 8.42 Å². The van der Waals surface area contributed by atoms with E-state index in [0.717, 1.165) is 51.7 Å². The topological polar surface area (TPSA) is 49.4 Å². The summed E-state index contributed by atoms with van der Waals surface area (Å²) in [6, 6.07) is 13.8. The number of halogens is 2. The average Bonchev–Trinajstić information content (AvgIpc) is 2.66. The summed E-state index contributed by atoms with van der Waals surface area (Å²) in [5.74, 6) is 0. The van der Waals surface area contributed by atoms with E-state index in [-0.39, 0.29) is 9.92 Å². The zero-order chi connectivity index (χ0) is 20.0. The Balaban J connectivity index is 1.34. The second-order valence-corrected chi connectivity index (χ2v) is 10.4. The van der Waals surface area contributed by atoms with E-state index in [0.29, 0.717) is 10.1 Å². The Bertz CT molecular complexity index is 885. The van der Waals surface area contributed by atoms with Crippen LogP contribution in [0.15, 0.2) is 47.4 Å². The van der Waals surface area contributed by atoms with E-state index in [1.54, 1.807) is 18.2 Å². The molecule has 0 amide bonds. The van der Waals surface area contributed by atoms with E-state index < -0.39 is 10.0 Å². The van der Waals surface area contributed by atoms with Crippen LogP contribution in [0.4, 0.5) is 0 Å². The van der Waals surface area contributed by atoms with Crippen molar-refractivity contribution in [1.82, 2.24) is 9.62 Å². The molecule has 7 heteroatoms. The third-order valence-electron chi connectivity index (χ3n) is 5.09.